The van der Waals surface area contributed by atoms with Crippen LogP contribution in [0.15, 0.2) is 191 Å². The maximum atomic E-state index is 6.80. The minimum absolute atomic E-state index is 0.847. The van der Waals surface area contributed by atoms with Gasteiger partial charge in [-0.15, -0.1) is 0 Å². The van der Waals surface area contributed by atoms with Gasteiger partial charge >= 0.3 is 0 Å². The van der Waals surface area contributed by atoms with Gasteiger partial charge in [0.25, 0.3) is 0 Å². The normalized spacial score (nSPS) is 11.8. The number of furan rings is 2. The van der Waals surface area contributed by atoms with Crippen LogP contribution in [-0.4, -0.2) is 0 Å². The number of hydrogen-bond acceptors (Lipinski definition) is 2. The Morgan fingerprint density at radius 2 is 0.904 bits per heavy atom. The van der Waals surface area contributed by atoms with Crippen LogP contribution in [0.5, 0.6) is 0 Å². The van der Waals surface area contributed by atoms with Gasteiger partial charge in [0.05, 0.1) is 6.26 Å². The molecular formula is C50H30O2. The zero-order valence-corrected chi connectivity index (χ0v) is 28.1. The highest BCUT2D eigenvalue weighted by Gasteiger charge is 2.25. The van der Waals surface area contributed by atoms with Crippen LogP contribution in [0.4, 0.5) is 0 Å². The van der Waals surface area contributed by atoms with Crippen molar-refractivity contribution in [1.29, 1.82) is 0 Å². The van der Waals surface area contributed by atoms with E-state index in [9.17, 15) is 0 Å². The number of rotatable bonds is 4. The van der Waals surface area contributed by atoms with Gasteiger partial charge in [0, 0.05) is 32.8 Å². The molecule has 2 heterocycles. The van der Waals surface area contributed by atoms with Crippen molar-refractivity contribution in [3.63, 3.8) is 0 Å². The molecule has 0 aliphatic carbocycles. The minimum Gasteiger partial charge on any atom is -0.463 e. The molecule has 0 saturated heterocycles. The highest BCUT2D eigenvalue weighted by Crippen LogP contribution is 2.50. The highest BCUT2D eigenvalue weighted by atomic mass is 16.3. The van der Waals surface area contributed by atoms with E-state index in [2.05, 4.69) is 170 Å². The Labute approximate surface area is 299 Å². The maximum absolute atomic E-state index is 6.80. The van der Waals surface area contributed by atoms with Gasteiger partial charge in [-0.1, -0.05) is 158 Å². The van der Waals surface area contributed by atoms with Crippen molar-refractivity contribution in [3.8, 4) is 44.5 Å². The molecule has 0 bridgehead atoms. The van der Waals surface area contributed by atoms with Crippen molar-refractivity contribution >= 4 is 65.2 Å². The Hall–Kier alpha value is -6.90. The quantitative estimate of drug-likeness (QED) is 0.175. The van der Waals surface area contributed by atoms with E-state index in [0.29, 0.717) is 0 Å². The van der Waals surface area contributed by atoms with Gasteiger partial charge in [0.2, 0.25) is 0 Å². The van der Waals surface area contributed by atoms with Gasteiger partial charge in [-0.05, 0) is 78.3 Å². The molecule has 0 saturated carbocycles. The van der Waals surface area contributed by atoms with Crippen LogP contribution in [0.3, 0.4) is 0 Å². The van der Waals surface area contributed by atoms with Crippen molar-refractivity contribution in [3.05, 3.63) is 182 Å². The van der Waals surface area contributed by atoms with Gasteiger partial charge in [-0.3, -0.25) is 0 Å². The van der Waals surface area contributed by atoms with Crippen LogP contribution in [-0.2, 0) is 0 Å². The average Bonchev–Trinajstić information content (AvgIpc) is 3.82. The van der Waals surface area contributed by atoms with Crippen LogP contribution < -0.4 is 0 Å². The fourth-order valence-corrected chi connectivity index (χ4v) is 8.48. The predicted molar refractivity (Wildman–Crippen MR) is 218 cm³/mol. The van der Waals surface area contributed by atoms with Crippen LogP contribution in [0.25, 0.3) is 110 Å². The molecule has 2 aromatic heterocycles. The second-order valence-corrected chi connectivity index (χ2v) is 13.6. The summed E-state index contributed by atoms with van der Waals surface area (Å²) in [4.78, 5) is 0. The molecule has 9 aromatic carbocycles. The second kappa shape index (κ2) is 11.3. The topological polar surface area (TPSA) is 26.3 Å². The van der Waals surface area contributed by atoms with Gasteiger partial charge in [0.1, 0.15) is 16.7 Å². The smallest absolute Gasteiger partial charge is 0.143 e. The lowest BCUT2D eigenvalue weighted by Gasteiger charge is -2.18. The van der Waals surface area contributed by atoms with Crippen molar-refractivity contribution in [2.24, 2.45) is 0 Å². The lowest BCUT2D eigenvalue weighted by molar-refractivity contribution is 0.617. The van der Waals surface area contributed by atoms with E-state index in [1.54, 1.807) is 0 Å². The molecule has 0 fully saturated rings. The Kier molecular flexibility index (Phi) is 6.28. The molecule has 0 amide bonds. The first-order valence-corrected chi connectivity index (χ1v) is 17.7. The summed E-state index contributed by atoms with van der Waals surface area (Å²) in [6, 6.07) is 62.8. The number of hydrogen-bond donors (Lipinski definition) is 0. The third kappa shape index (κ3) is 4.25. The van der Waals surface area contributed by atoms with Crippen molar-refractivity contribution in [2.45, 2.75) is 0 Å². The standard InChI is InChI=1S/C50H30O2/c1-2-14-31(15-3-1)33-18-12-19-34(28-33)46-37-21-6-8-23-39(37)47(40-24-9-7-22-38(40)46)42-29-45-48(41-25-10-11-27-44(41)52-45)49-43(30-51-50(42)49)36-26-13-17-32-16-4-5-20-35(32)36/h1-30H. The molecule has 2 nitrogen and oxygen atoms in total. The van der Waals surface area contributed by atoms with Crippen molar-refractivity contribution in [2.75, 3.05) is 0 Å². The highest BCUT2D eigenvalue weighted by molar-refractivity contribution is 6.29. The molecule has 0 spiro atoms. The summed E-state index contributed by atoms with van der Waals surface area (Å²) in [5.74, 6) is 0. The van der Waals surface area contributed by atoms with E-state index in [1.807, 2.05) is 12.3 Å². The van der Waals surface area contributed by atoms with E-state index in [0.717, 1.165) is 55.2 Å². The Bertz CT molecular complexity index is 3120. The van der Waals surface area contributed by atoms with Crippen molar-refractivity contribution in [1.82, 2.24) is 0 Å². The van der Waals surface area contributed by atoms with E-state index < -0.39 is 0 Å². The summed E-state index contributed by atoms with van der Waals surface area (Å²) in [6.07, 6.45) is 1.95. The van der Waals surface area contributed by atoms with Gasteiger partial charge in [-0.25, -0.2) is 0 Å². The first-order chi connectivity index (χ1) is 25.8. The van der Waals surface area contributed by atoms with Crippen LogP contribution in [0.2, 0.25) is 0 Å². The first-order valence-electron chi connectivity index (χ1n) is 17.7. The summed E-state index contributed by atoms with van der Waals surface area (Å²) in [5, 5.41) is 10.3. The van der Waals surface area contributed by atoms with E-state index >= 15 is 0 Å². The first kappa shape index (κ1) is 28.9. The summed E-state index contributed by atoms with van der Waals surface area (Å²) in [6.45, 7) is 0. The van der Waals surface area contributed by atoms with Crippen LogP contribution in [0, 0.1) is 0 Å². The zero-order valence-electron chi connectivity index (χ0n) is 28.1. The number of para-hydroxylation sites is 1. The van der Waals surface area contributed by atoms with Gasteiger partial charge in [0.15, 0.2) is 0 Å². The molecule has 242 valence electrons. The summed E-state index contributed by atoms with van der Waals surface area (Å²) in [5.41, 5.74) is 11.8. The molecule has 0 unspecified atom stereocenters. The Balaban J connectivity index is 1.27. The molecule has 2 heteroatoms. The molecule has 0 radical (unpaired) electrons. The fraction of sp³-hybridized carbons (Fsp3) is 0. The average molecular weight is 663 g/mol. The number of benzene rings is 9. The molecule has 0 aliphatic heterocycles. The molecule has 11 rings (SSSR count). The molecule has 52 heavy (non-hydrogen) atoms. The largest absolute Gasteiger partial charge is 0.463 e. The molecule has 0 atom stereocenters. The molecule has 0 aliphatic rings. The summed E-state index contributed by atoms with van der Waals surface area (Å²) >= 11 is 0. The lowest BCUT2D eigenvalue weighted by Crippen LogP contribution is -1.92. The summed E-state index contributed by atoms with van der Waals surface area (Å²) in [7, 11) is 0. The number of fused-ring (bicyclic) bond motifs is 8. The van der Waals surface area contributed by atoms with Gasteiger partial charge < -0.3 is 8.83 Å². The van der Waals surface area contributed by atoms with Crippen LogP contribution in [0.1, 0.15) is 0 Å². The van der Waals surface area contributed by atoms with Crippen molar-refractivity contribution < 1.29 is 8.83 Å². The lowest BCUT2D eigenvalue weighted by atomic mass is 9.84. The third-order valence-corrected chi connectivity index (χ3v) is 10.7. The second-order valence-electron chi connectivity index (χ2n) is 13.6. The molecule has 11 aromatic rings. The monoisotopic (exact) mass is 662 g/mol. The van der Waals surface area contributed by atoms with Crippen LogP contribution >= 0.6 is 0 Å². The van der Waals surface area contributed by atoms with E-state index in [4.69, 9.17) is 8.83 Å². The zero-order chi connectivity index (χ0) is 34.2. The molecular weight excluding hydrogens is 633 g/mol. The fourth-order valence-electron chi connectivity index (χ4n) is 8.48. The maximum Gasteiger partial charge on any atom is 0.143 e. The Morgan fingerprint density at radius 1 is 0.327 bits per heavy atom. The minimum atomic E-state index is 0.847. The van der Waals surface area contributed by atoms with Gasteiger partial charge in [-0.2, -0.15) is 0 Å². The SMILES string of the molecule is c1ccc(-c2cccc(-c3c4ccccc4c(-c4cc5oc6ccccc6c5c5c(-c6cccc7ccccc67)coc45)c4ccccc34)c2)cc1. The molecule has 0 N–H and O–H groups in total. The third-order valence-electron chi connectivity index (χ3n) is 10.7. The van der Waals surface area contributed by atoms with E-state index in [-0.39, 0.29) is 0 Å². The van der Waals surface area contributed by atoms with E-state index in [1.165, 1.54) is 54.6 Å². The predicted octanol–water partition coefficient (Wildman–Crippen LogP) is 14.5. The Morgan fingerprint density at radius 3 is 1.67 bits per heavy atom. The summed E-state index contributed by atoms with van der Waals surface area (Å²) < 4.78 is 13.5.